The number of nitrogens with zero attached hydrogens (tertiary/aromatic N) is 1. The standard InChI is InChI=1S/C8H18N2O3/c1-10(2)8(13)3-4-9-5-7(12)6-11/h7,9,11-12H,3-6H2,1-2H3. The largest absolute Gasteiger partial charge is 0.394 e. The minimum atomic E-state index is -0.741. The van der Waals surface area contributed by atoms with Crippen molar-refractivity contribution < 1.29 is 15.0 Å². The minimum absolute atomic E-state index is 0.0472. The van der Waals surface area contributed by atoms with Crippen molar-refractivity contribution >= 4 is 5.91 Å². The van der Waals surface area contributed by atoms with E-state index in [1.807, 2.05) is 0 Å². The highest BCUT2D eigenvalue weighted by molar-refractivity contribution is 5.75. The molecule has 0 aromatic rings. The summed E-state index contributed by atoms with van der Waals surface area (Å²) in [6.45, 7) is 0.583. The molecule has 13 heavy (non-hydrogen) atoms. The third-order valence-electron chi connectivity index (χ3n) is 1.61. The molecule has 0 aromatic carbocycles. The topological polar surface area (TPSA) is 72.8 Å². The van der Waals surface area contributed by atoms with Crippen molar-refractivity contribution in [3.63, 3.8) is 0 Å². The molecule has 0 aliphatic heterocycles. The van der Waals surface area contributed by atoms with Crippen LogP contribution in [0.1, 0.15) is 6.42 Å². The number of aliphatic hydroxyl groups excluding tert-OH is 2. The SMILES string of the molecule is CN(C)C(=O)CCNCC(O)CO. The first-order chi connectivity index (χ1) is 6.07. The molecule has 0 aliphatic rings. The van der Waals surface area contributed by atoms with E-state index in [-0.39, 0.29) is 12.5 Å². The Hall–Kier alpha value is -0.650. The van der Waals surface area contributed by atoms with Crippen LogP contribution >= 0.6 is 0 Å². The fraction of sp³-hybridized carbons (Fsp3) is 0.875. The maximum Gasteiger partial charge on any atom is 0.223 e. The van der Waals surface area contributed by atoms with Crippen molar-refractivity contribution in [2.75, 3.05) is 33.8 Å². The number of carbonyl (C=O) groups excluding carboxylic acids is 1. The molecule has 5 heteroatoms. The molecule has 0 radical (unpaired) electrons. The zero-order valence-corrected chi connectivity index (χ0v) is 8.16. The molecule has 1 amide bonds. The van der Waals surface area contributed by atoms with Crippen LogP contribution in [-0.4, -0.2) is 60.9 Å². The Morgan fingerprint density at radius 3 is 2.62 bits per heavy atom. The Kier molecular flexibility index (Phi) is 6.48. The van der Waals surface area contributed by atoms with Gasteiger partial charge in [0.1, 0.15) is 0 Å². The van der Waals surface area contributed by atoms with Crippen molar-refractivity contribution in [2.45, 2.75) is 12.5 Å². The Morgan fingerprint density at radius 2 is 2.15 bits per heavy atom. The van der Waals surface area contributed by atoms with E-state index in [0.29, 0.717) is 19.5 Å². The molecule has 5 nitrogen and oxygen atoms in total. The van der Waals surface area contributed by atoms with Gasteiger partial charge in [-0.25, -0.2) is 0 Å². The van der Waals surface area contributed by atoms with Crippen LogP contribution in [0.3, 0.4) is 0 Å². The molecule has 0 aromatic heterocycles. The summed E-state index contributed by atoms with van der Waals surface area (Å²) >= 11 is 0. The second-order valence-corrected chi connectivity index (χ2v) is 3.08. The highest BCUT2D eigenvalue weighted by atomic mass is 16.3. The van der Waals surface area contributed by atoms with E-state index in [4.69, 9.17) is 10.2 Å². The van der Waals surface area contributed by atoms with E-state index in [9.17, 15) is 4.79 Å². The quantitative estimate of drug-likeness (QED) is 0.441. The molecule has 1 unspecified atom stereocenters. The fourth-order valence-electron chi connectivity index (χ4n) is 0.752. The molecule has 0 spiro atoms. The summed E-state index contributed by atoms with van der Waals surface area (Å²) in [4.78, 5) is 12.5. The number of hydrogen-bond acceptors (Lipinski definition) is 4. The number of amides is 1. The van der Waals surface area contributed by atoms with Crippen LogP contribution in [0.15, 0.2) is 0 Å². The van der Waals surface area contributed by atoms with Crippen molar-refractivity contribution in [3.8, 4) is 0 Å². The Labute approximate surface area is 78.4 Å². The van der Waals surface area contributed by atoms with Crippen molar-refractivity contribution in [2.24, 2.45) is 0 Å². The monoisotopic (exact) mass is 190 g/mol. The third kappa shape index (κ3) is 6.51. The summed E-state index contributed by atoms with van der Waals surface area (Å²) in [7, 11) is 3.40. The van der Waals surface area contributed by atoms with Crippen molar-refractivity contribution in [3.05, 3.63) is 0 Å². The average molecular weight is 190 g/mol. The molecule has 78 valence electrons. The van der Waals surface area contributed by atoms with E-state index in [0.717, 1.165) is 0 Å². The first-order valence-electron chi connectivity index (χ1n) is 4.27. The first-order valence-corrected chi connectivity index (χ1v) is 4.27. The van der Waals surface area contributed by atoms with Gasteiger partial charge in [-0.05, 0) is 0 Å². The van der Waals surface area contributed by atoms with Gasteiger partial charge in [0.15, 0.2) is 0 Å². The van der Waals surface area contributed by atoms with Gasteiger partial charge in [0.25, 0.3) is 0 Å². The third-order valence-corrected chi connectivity index (χ3v) is 1.61. The summed E-state index contributed by atoms with van der Waals surface area (Å²) < 4.78 is 0. The van der Waals surface area contributed by atoms with Crippen LogP contribution in [0.5, 0.6) is 0 Å². The lowest BCUT2D eigenvalue weighted by molar-refractivity contribution is -0.128. The lowest BCUT2D eigenvalue weighted by Crippen LogP contribution is -2.32. The minimum Gasteiger partial charge on any atom is -0.394 e. The zero-order valence-electron chi connectivity index (χ0n) is 8.16. The van der Waals surface area contributed by atoms with Crippen LogP contribution < -0.4 is 5.32 Å². The predicted molar refractivity (Wildman–Crippen MR) is 49.3 cm³/mol. The lowest BCUT2D eigenvalue weighted by atomic mass is 10.3. The lowest BCUT2D eigenvalue weighted by Gasteiger charge is -2.11. The molecular weight excluding hydrogens is 172 g/mol. The molecule has 0 saturated carbocycles. The predicted octanol–water partition coefficient (Wildman–Crippen LogP) is -1.59. The van der Waals surface area contributed by atoms with Gasteiger partial charge in [0.2, 0.25) is 5.91 Å². The number of carbonyl (C=O) groups is 1. The Morgan fingerprint density at radius 1 is 1.54 bits per heavy atom. The molecule has 0 fully saturated rings. The van der Waals surface area contributed by atoms with E-state index >= 15 is 0 Å². The van der Waals surface area contributed by atoms with Crippen LogP contribution in [-0.2, 0) is 4.79 Å². The molecular formula is C8H18N2O3. The van der Waals surface area contributed by atoms with Gasteiger partial charge >= 0.3 is 0 Å². The second kappa shape index (κ2) is 6.82. The normalized spacial score (nSPS) is 12.6. The molecule has 3 N–H and O–H groups in total. The van der Waals surface area contributed by atoms with E-state index < -0.39 is 6.10 Å². The van der Waals surface area contributed by atoms with E-state index in [1.165, 1.54) is 4.90 Å². The summed E-state index contributed by atoms with van der Waals surface area (Å²) in [5, 5.41) is 20.3. The number of nitrogens with one attached hydrogen (secondary N) is 1. The number of aliphatic hydroxyl groups is 2. The van der Waals surface area contributed by atoms with Gasteiger partial charge < -0.3 is 20.4 Å². The van der Waals surface area contributed by atoms with Gasteiger partial charge in [-0.15, -0.1) is 0 Å². The van der Waals surface area contributed by atoms with Crippen LogP contribution in [0, 0.1) is 0 Å². The summed E-state index contributed by atoms with van der Waals surface area (Å²) in [6, 6.07) is 0. The Balaban J connectivity index is 3.31. The average Bonchev–Trinajstić information content (AvgIpc) is 2.11. The highest BCUT2D eigenvalue weighted by Crippen LogP contribution is 1.85. The van der Waals surface area contributed by atoms with Crippen LogP contribution in [0.25, 0.3) is 0 Å². The van der Waals surface area contributed by atoms with Gasteiger partial charge in [0, 0.05) is 33.6 Å². The smallest absolute Gasteiger partial charge is 0.223 e. The molecule has 0 rings (SSSR count). The first kappa shape index (κ1) is 12.3. The van der Waals surface area contributed by atoms with Crippen LogP contribution in [0.2, 0.25) is 0 Å². The maximum atomic E-state index is 11.0. The van der Waals surface area contributed by atoms with Gasteiger partial charge in [-0.2, -0.15) is 0 Å². The summed E-state index contributed by atoms with van der Waals surface area (Å²) in [6.07, 6.45) is -0.333. The zero-order chi connectivity index (χ0) is 10.3. The Bertz CT molecular complexity index is 150. The van der Waals surface area contributed by atoms with Crippen LogP contribution in [0.4, 0.5) is 0 Å². The molecule has 1 atom stereocenters. The fourth-order valence-corrected chi connectivity index (χ4v) is 0.752. The van der Waals surface area contributed by atoms with Gasteiger partial charge in [-0.3, -0.25) is 4.79 Å². The van der Waals surface area contributed by atoms with Crippen molar-refractivity contribution in [1.29, 1.82) is 0 Å². The van der Waals surface area contributed by atoms with Gasteiger partial charge in [0.05, 0.1) is 12.7 Å². The maximum absolute atomic E-state index is 11.0. The number of rotatable bonds is 6. The molecule has 0 saturated heterocycles. The molecule has 0 bridgehead atoms. The van der Waals surface area contributed by atoms with E-state index in [2.05, 4.69) is 5.32 Å². The second-order valence-electron chi connectivity index (χ2n) is 3.08. The highest BCUT2D eigenvalue weighted by Gasteiger charge is 2.04. The summed E-state index contributed by atoms with van der Waals surface area (Å²) in [5.41, 5.74) is 0. The number of hydrogen-bond donors (Lipinski definition) is 3. The summed E-state index contributed by atoms with van der Waals surface area (Å²) in [5.74, 6) is 0.0472. The van der Waals surface area contributed by atoms with Gasteiger partial charge in [-0.1, -0.05) is 0 Å². The molecule has 0 aliphatic carbocycles. The van der Waals surface area contributed by atoms with Crippen molar-refractivity contribution in [1.82, 2.24) is 10.2 Å². The van der Waals surface area contributed by atoms with E-state index in [1.54, 1.807) is 14.1 Å². The molecule has 0 heterocycles.